The van der Waals surface area contributed by atoms with E-state index in [1.54, 1.807) is 11.3 Å². The van der Waals surface area contributed by atoms with Crippen LogP contribution in [0.1, 0.15) is 15.8 Å². The van der Waals surface area contributed by atoms with Crippen LogP contribution in [-0.4, -0.2) is 0 Å². The second-order valence-electron chi connectivity index (χ2n) is 3.44. The summed E-state index contributed by atoms with van der Waals surface area (Å²) in [4.78, 5) is 1.12. The van der Waals surface area contributed by atoms with E-state index in [2.05, 4.69) is 28.1 Å². The van der Waals surface area contributed by atoms with Crippen LogP contribution >= 0.6 is 50.5 Å². The molecule has 0 saturated heterocycles. The Labute approximate surface area is 117 Å². The smallest absolute Gasteiger partial charge is 0.0931 e. The van der Waals surface area contributed by atoms with Gasteiger partial charge in [-0.05, 0) is 36.2 Å². The molecule has 1 aromatic carbocycles. The van der Waals surface area contributed by atoms with Crippen molar-refractivity contribution in [2.45, 2.75) is 11.8 Å². The van der Waals surface area contributed by atoms with Crippen molar-refractivity contribution in [1.82, 2.24) is 0 Å². The third-order valence-electron chi connectivity index (χ3n) is 2.23. The molecule has 16 heavy (non-hydrogen) atoms. The largest absolute Gasteiger partial charge is 0.127 e. The first-order valence-electron chi connectivity index (χ1n) is 4.79. The Morgan fingerprint density at radius 2 is 1.81 bits per heavy atom. The summed E-state index contributed by atoms with van der Waals surface area (Å²) in [5, 5.41) is -0.00123. The van der Waals surface area contributed by atoms with E-state index in [4.69, 9.17) is 23.2 Å². The Balaban J connectivity index is 2.07. The molecule has 0 fully saturated rings. The maximum Gasteiger partial charge on any atom is 0.0931 e. The summed E-state index contributed by atoms with van der Waals surface area (Å²) in [7, 11) is 0. The molecule has 1 aromatic heterocycles. The molecule has 0 N–H and O–H groups in total. The summed E-state index contributed by atoms with van der Waals surface area (Å²) in [5.74, 6) is 0. The highest BCUT2D eigenvalue weighted by atomic mass is 79.9. The maximum atomic E-state index is 6.33. The van der Waals surface area contributed by atoms with Crippen LogP contribution in [0.2, 0.25) is 4.34 Å². The van der Waals surface area contributed by atoms with Gasteiger partial charge in [0, 0.05) is 9.35 Å². The van der Waals surface area contributed by atoms with Gasteiger partial charge in [0.05, 0.1) is 9.71 Å². The number of hydrogen-bond acceptors (Lipinski definition) is 1. The fourth-order valence-electron chi connectivity index (χ4n) is 1.42. The van der Waals surface area contributed by atoms with Crippen LogP contribution in [0, 0.1) is 0 Å². The maximum absolute atomic E-state index is 6.33. The summed E-state index contributed by atoms with van der Waals surface area (Å²) >= 11 is 17.2. The zero-order valence-corrected chi connectivity index (χ0v) is 12.2. The van der Waals surface area contributed by atoms with Crippen LogP contribution in [0.3, 0.4) is 0 Å². The molecule has 1 unspecified atom stereocenters. The van der Waals surface area contributed by atoms with Gasteiger partial charge in [-0.15, -0.1) is 22.9 Å². The van der Waals surface area contributed by atoms with Gasteiger partial charge in [0.15, 0.2) is 0 Å². The second-order valence-corrected chi connectivity index (χ2v) is 6.63. The lowest BCUT2D eigenvalue weighted by molar-refractivity contribution is 0.939. The molecule has 0 amide bonds. The van der Waals surface area contributed by atoms with Crippen molar-refractivity contribution in [3.8, 4) is 0 Å². The lowest BCUT2D eigenvalue weighted by Crippen LogP contribution is -1.92. The minimum absolute atomic E-state index is 0.00123. The molecular formula is C12H9BrCl2S. The Hall–Kier alpha value is -0.0200. The van der Waals surface area contributed by atoms with Gasteiger partial charge in [0.1, 0.15) is 0 Å². The van der Waals surface area contributed by atoms with Gasteiger partial charge in [-0.25, -0.2) is 0 Å². The van der Waals surface area contributed by atoms with Crippen LogP contribution in [0.15, 0.2) is 40.9 Å². The van der Waals surface area contributed by atoms with Gasteiger partial charge in [-0.2, -0.15) is 0 Å². The first-order valence-corrected chi connectivity index (χ1v) is 7.21. The van der Waals surface area contributed by atoms with E-state index < -0.39 is 0 Å². The molecule has 0 radical (unpaired) electrons. The summed E-state index contributed by atoms with van der Waals surface area (Å²) < 4.78 is 1.87. The molecule has 0 aliphatic carbocycles. The zero-order valence-electron chi connectivity index (χ0n) is 8.29. The van der Waals surface area contributed by atoms with Gasteiger partial charge >= 0.3 is 0 Å². The highest BCUT2D eigenvalue weighted by Crippen LogP contribution is 2.33. The molecule has 0 aliphatic heterocycles. The van der Waals surface area contributed by atoms with Gasteiger partial charge < -0.3 is 0 Å². The number of halogens is 3. The third kappa shape index (κ3) is 3.24. The first kappa shape index (κ1) is 12.4. The molecule has 0 saturated carbocycles. The van der Waals surface area contributed by atoms with Crippen LogP contribution < -0.4 is 0 Å². The molecule has 0 aliphatic rings. The van der Waals surface area contributed by atoms with Crippen molar-refractivity contribution in [3.05, 3.63) is 55.6 Å². The van der Waals surface area contributed by atoms with Crippen molar-refractivity contribution in [3.63, 3.8) is 0 Å². The Bertz CT molecular complexity index is 464. The Morgan fingerprint density at radius 3 is 2.38 bits per heavy atom. The van der Waals surface area contributed by atoms with Crippen molar-refractivity contribution < 1.29 is 0 Å². The third-order valence-corrected chi connectivity index (χ3v) is 4.62. The standard InChI is InChI=1S/C12H9BrCl2S/c13-9-3-1-8(2-4-9)7-10(14)11-5-6-12(15)16-11/h1-6,10H,7H2. The highest BCUT2D eigenvalue weighted by molar-refractivity contribution is 9.10. The van der Waals surface area contributed by atoms with Crippen molar-refractivity contribution in [1.29, 1.82) is 0 Å². The fourth-order valence-corrected chi connectivity index (χ4v) is 3.11. The normalized spacial score (nSPS) is 12.7. The van der Waals surface area contributed by atoms with Gasteiger partial charge in [-0.3, -0.25) is 0 Å². The predicted molar refractivity (Wildman–Crippen MR) is 75.8 cm³/mol. The number of rotatable bonds is 3. The van der Waals surface area contributed by atoms with Gasteiger partial charge in [-0.1, -0.05) is 39.7 Å². The number of hydrogen-bond donors (Lipinski definition) is 0. The monoisotopic (exact) mass is 334 g/mol. The van der Waals surface area contributed by atoms with E-state index in [1.807, 2.05) is 24.3 Å². The summed E-state index contributed by atoms with van der Waals surface area (Å²) in [6.07, 6.45) is 0.825. The molecule has 4 heteroatoms. The minimum atomic E-state index is -0.00123. The second kappa shape index (κ2) is 5.54. The molecule has 2 aromatic rings. The van der Waals surface area contributed by atoms with Gasteiger partial charge in [0.2, 0.25) is 0 Å². The summed E-state index contributed by atoms with van der Waals surface area (Å²) in [6.45, 7) is 0. The van der Waals surface area contributed by atoms with E-state index in [1.165, 1.54) is 5.56 Å². The van der Waals surface area contributed by atoms with Crippen molar-refractivity contribution >= 4 is 50.5 Å². The van der Waals surface area contributed by atoms with Crippen LogP contribution in [0.5, 0.6) is 0 Å². The molecule has 2 rings (SSSR count). The van der Waals surface area contributed by atoms with E-state index in [-0.39, 0.29) is 5.38 Å². The number of benzene rings is 1. The minimum Gasteiger partial charge on any atom is -0.127 e. The molecular weight excluding hydrogens is 327 g/mol. The van der Waals surface area contributed by atoms with Crippen LogP contribution in [0.25, 0.3) is 0 Å². The molecule has 0 spiro atoms. The Kier molecular flexibility index (Phi) is 4.31. The van der Waals surface area contributed by atoms with E-state index in [0.717, 1.165) is 20.1 Å². The lowest BCUT2D eigenvalue weighted by atomic mass is 10.1. The molecule has 1 heterocycles. The van der Waals surface area contributed by atoms with Crippen LogP contribution in [0.4, 0.5) is 0 Å². The van der Waals surface area contributed by atoms with E-state index in [9.17, 15) is 0 Å². The van der Waals surface area contributed by atoms with Crippen molar-refractivity contribution in [2.75, 3.05) is 0 Å². The molecule has 84 valence electrons. The van der Waals surface area contributed by atoms with E-state index >= 15 is 0 Å². The summed E-state index contributed by atoms with van der Waals surface area (Å²) in [6, 6.07) is 12.1. The quantitative estimate of drug-likeness (QED) is 0.632. The molecule has 0 bridgehead atoms. The van der Waals surface area contributed by atoms with Crippen molar-refractivity contribution in [2.24, 2.45) is 0 Å². The zero-order chi connectivity index (χ0) is 11.5. The SMILES string of the molecule is Clc1ccc(C(Cl)Cc2ccc(Br)cc2)s1. The fraction of sp³-hybridized carbons (Fsp3) is 0.167. The van der Waals surface area contributed by atoms with Crippen LogP contribution in [-0.2, 0) is 6.42 Å². The number of alkyl halides is 1. The Morgan fingerprint density at radius 1 is 1.12 bits per heavy atom. The average molecular weight is 336 g/mol. The average Bonchev–Trinajstić information content (AvgIpc) is 2.68. The lowest BCUT2D eigenvalue weighted by Gasteiger charge is -2.07. The van der Waals surface area contributed by atoms with E-state index in [0.29, 0.717) is 0 Å². The molecule has 1 atom stereocenters. The topological polar surface area (TPSA) is 0 Å². The summed E-state index contributed by atoms with van der Waals surface area (Å²) in [5.41, 5.74) is 1.23. The predicted octanol–water partition coefficient (Wildman–Crippen LogP) is 5.69. The molecule has 0 nitrogen and oxygen atoms in total. The highest BCUT2D eigenvalue weighted by Gasteiger charge is 2.11. The first-order chi connectivity index (χ1) is 7.65. The van der Waals surface area contributed by atoms with Gasteiger partial charge in [0.25, 0.3) is 0 Å². The number of thiophene rings is 1.